The number of aromatic nitrogens is 2. The number of benzene rings is 2. The van der Waals surface area contributed by atoms with Crippen molar-refractivity contribution in [2.24, 2.45) is 7.05 Å². The number of hydrogen-bond acceptors (Lipinski definition) is 2. The first kappa shape index (κ1) is 12.4. The normalized spacial score (nSPS) is 11.1. The Hall–Kier alpha value is -2.39. The van der Waals surface area contributed by atoms with Gasteiger partial charge in [-0.2, -0.15) is 0 Å². The van der Waals surface area contributed by atoms with Gasteiger partial charge < -0.3 is 4.57 Å². The van der Waals surface area contributed by atoms with Crippen LogP contribution in [0.1, 0.15) is 0 Å². The zero-order valence-corrected chi connectivity index (χ0v) is 12.5. The lowest BCUT2D eigenvalue weighted by Crippen LogP contribution is -1.89. The van der Waals surface area contributed by atoms with E-state index < -0.39 is 0 Å². The molecular formula is C18H14N2S. The topological polar surface area (TPSA) is 17.8 Å². The van der Waals surface area contributed by atoms with Gasteiger partial charge in [-0.05, 0) is 17.5 Å². The highest BCUT2D eigenvalue weighted by Gasteiger charge is 2.11. The van der Waals surface area contributed by atoms with E-state index in [1.54, 1.807) is 11.3 Å². The van der Waals surface area contributed by atoms with Crippen LogP contribution >= 0.6 is 11.3 Å². The van der Waals surface area contributed by atoms with Crippen LogP contribution in [0.25, 0.3) is 32.0 Å². The molecule has 2 nitrogen and oxygen atoms in total. The van der Waals surface area contributed by atoms with Crippen LogP contribution in [0.3, 0.4) is 0 Å². The third-order valence-electron chi connectivity index (χ3n) is 3.59. The maximum Gasteiger partial charge on any atom is 0.140 e. The third kappa shape index (κ3) is 2.16. The predicted octanol–water partition coefficient (Wildman–Crippen LogP) is 4.97. The molecule has 0 radical (unpaired) electrons. The summed E-state index contributed by atoms with van der Waals surface area (Å²) in [7, 11) is 2.05. The maximum absolute atomic E-state index is 4.82. The summed E-state index contributed by atoms with van der Waals surface area (Å²) in [6.45, 7) is 0. The van der Waals surface area contributed by atoms with E-state index in [2.05, 4.69) is 53.2 Å². The highest BCUT2D eigenvalue weighted by Crippen LogP contribution is 2.33. The van der Waals surface area contributed by atoms with Crippen molar-refractivity contribution >= 4 is 21.4 Å². The number of rotatable bonds is 2. The third-order valence-corrected chi connectivity index (χ3v) is 4.72. The van der Waals surface area contributed by atoms with E-state index in [1.807, 2.05) is 25.2 Å². The fourth-order valence-corrected chi connectivity index (χ4v) is 3.57. The Labute approximate surface area is 127 Å². The van der Waals surface area contributed by atoms with Crippen LogP contribution in [0, 0.1) is 0 Å². The minimum atomic E-state index is 1.00. The second-order valence-corrected chi connectivity index (χ2v) is 6.16. The van der Waals surface area contributed by atoms with Crippen LogP contribution in [-0.4, -0.2) is 9.55 Å². The zero-order chi connectivity index (χ0) is 14.2. The van der Waals surface area contributed by atoms with E-state index in [-0.39, 0.29) is 0 Å². The van der Waals surface area contributed by atoms with Gasteiger partial charge in [0.1, 0.15) is 5.82 Å². The van der Waals surface area contributed by atoms with E-state index in [0.717, 1.165) is 17.1 Å². The molecule has 4 rings (SSSR count). The summed E-state index contributed by atoms with van der Waals surface area (Å²) in [6, 6.07) is 21.0. The summed E-state index contributed by atoms with van der Waals surface area (Å²) in [5.74, 6) is 1.00. The van der Waals surface area contributed by atoms with Crippen LogP contribution in [0.15, 0.2) is 66.9 Å². The minimum Gasteiger partial charge on any atom is -0.333 e. The SMILES string of the molecule is Cn1cc(-c2cc3ccccc3s2)nc1-c1ccccc1. The number of imidazole rings is 1. The lowest BCUT2D eigenvalue weighted by atomic mass is 10.2. The fourth-order valence-electron chi connectivity index (χ4n) is 2.55. The van der Waals surface area contributed by atoms with E-state index in [4.69, 9.17) is 4.98 Å². The Morgan fingerprint density at radius 2 is 1.71 bits per heavy atom. The Morgan fingerprint density at radius 3 is 2.52 bits per heavy atom. The molecule has 4 aromatic rings. The molecule has 0 fully saturated rings. The van der Waals surface area contributed by atoms with E-state index >= 15 is 0 Å². The number of nitrogens with zero attached hydrogens (tertiary/aromatic N) is 2. The van der Waals surface area contributed by atoms with Crippen molar-refractivity contribution in [3.8, 4) is 22.0 Å². The summed E-state index contributed by atoms with van der Waals surface area (Å²) < 4.78 is 3.40. The second kappa shape index (κ2) is 4.86. The van der Waals surface area contributed by atoms with E-state index in [0.29, 0.717) is 0 Å². The van der Waals surface area contributed by atoms with Gasteiger partial charge in [0.05, 0.1) is 10.6 Å². The lowest BCUT2D eigenvalue weighted by Gasteiger charge is -1.99. The molecule has 0 spiro atoms. The van der Waals surface area contributed by atoms with Crippen LogP contribution in [0.4, 0.5) is 0 Å². The maximum atomic E-state index is 4.82. The molecule has 2 heterocycles. The van der Waals surface area contributed by atoms with Gasteiger partial charge >= 0.3 is 0 Å². The van der Waals surface area contributed by atoms with Crippen molar-refractivity contribution in [1.82, 2.24) is 9.55 Å². The highest BCUT2D eigenvalue weighted by atomic mass is 32.1. The van der Waals surface area contributed by atoms with Gasteiger partial charge in [0, 0.05) is 23.5 Å². The molecule has 0 atom stereocenters. The quantitative estimate of drug-likeness (QED) is 0.509. The number of hydrogen-bond donors (Lipinski definition) is 0. The highest BCUT2D eigenvalue weighted by molar-refractivity contribution is 7.22. The summed E-state index contributed by atoms with van der Waals surface area (Å²) in [4.78, 5) is 6.04. The Kier molecular flexibility index (Phi) is 2.86. The molecule has 2 aromatic carbocycles. The molecule has 0 amide bonds. The Bertz CT molecular complexity index is 870. The smallest absolute Gasteiger partial charge is 0.140 e. The number of aryl methyl sites for hydroxylation is 1. The monoisotopic (exact) mass is 290 g/mol. The molecule has 0 saturated heterocycles. The van der Waals surface area contributed by atoms with Crippen LogP contribution in [-0.2, 0) is 7.05 Å². The zero-order valence-electron chi connectivity index (χ0n) is 11.7. The molecule has 102 valence electrons. The molecule has 0 bridgehead atoms. The molecule has 0 aliphatic rings. The summed E-state index contributed by atoms with van der Waals surface area (Å²) >= 11 is 1.79. The van der Waals surface area contributed by atoms with Crippen LogP contribution in [0.2, 0.25) is 0 Å². The molecule has 2 aromatic heterocycles. The predicted molar refractivity (Wildman–Crippen MR) is 89.5 cm³/mol. The lowest BCUT2D eigenvalue weighted by molar-refractivity contribution is 0.925. The standard InChI is InChI=1S/C18H14N2S/c1-20-12-15(19-18(20)13-7-3-2-4-8-13)17-11-14-9-5-6-10-16(14)21-17/h2-12H,1H3. The average molecular weight is 290 g/mol. The Balaban J connectivity index is 1.83. The molecular weight excluding hydrogens is 276 g/mol. The number of fused-ring (bicyclic) bond motifs is 1. The van der Waals surface area contributed by atoms with Gasteiger partial charge in [0.2, 0.25) is 0 Å². The molecule has 0 aliphatic heterocycles. The first-order valence-corrected chi connectivity index (χ1v) is 7.71. The summed E-state index contributed by atoms with van der Waals surface area (Å²) in [5.41, 5.74) is 2.19. The first-order chi connectivity index (χ1) is 10.3. The molecule has 21 heavy (non-hydrogen) atoms. The van der Waals surface area contributed by atoms with Gasteiger partial charge in [-0.25, -0.2) is 4.98 Å². The molecule has 0 unspecified atom stereocenters. The van der Waals surface area contributed by atoms with Gasteiger partial charge in [0.25, 0.3) is 0 Å². The van der Waals surface area contributed by atoms with Gasteiger partial charge in [-0.15, -0.1) is 11.3 Å². The van der Waals surface area contributed by atoms with Crippen molar-refractivity contribution < 1.29 is 0 Å². The molecule has 0 saturated carbocycles. The molecule has 0 N–H and O–H groups in total. The van der Waals surface area contributed by atoms with Crippen molar-refractivity contribution in [2.45, 2.75) is 0 Å². The van der Waals surface area contributed by atoms with Crippen molar-refractivity contribution in [3.63, 3.8) is 0 Å². The number of thiophene rings is 1. The minimum absolute atomic E-state index is 1.00. The van der Waals surface area contributed by atoms with Gasteiger partial charge in [0.15, 0.2) is 0 Å². The van der Waals surface area contributed by atoms with E-state index in [9.17, 15) is 0 Å². The van der Waals surface area contributed by atoms with Crippen molar-refractivity contribution in [3.05, 3.63) is 66.9 Å². The second-order valence-electron chi connectivity index (χ2n) is 5.08. The average Bonchev–Trinajstić information content (AvgIpc) is 3.11. The first-order valence-electron chi connectivity index (χ1n) is 6.89. The van der Waals surface area contributed by atoms with Gasteiger partial charge in [-0.1, -0.05) is 48.5 Å². The van der Waals surface area contributed by atoms with Crippen molar-refractivity contribution in [1.29, 1.82) is 0 Å². The van der Waals surface area contributed by atoms with E-state index in [1.165, 1.54) is 15.0 Å². The van der Waals surface area contributed by atoms with Crippen molar-refractivity contribution in [2.75, 3.05) is 0 Å². The van der Waals surface area contributed by atoms with Gasteiger partial charge in [-0.3, -0.25) is 0 Å². The summed E-state index contributed by atoms with van der Waals surface area (Å²) in [5, 5.41) is 1.28. The van der Waals surface area contributed by atoms with Crippen LogP contribution in [0.5, 0.6) is 0 Å². The summed E-state index contributed by atoms with van der Waals surface area (Å²) in [6.07, 6.45) is 2.10. The fraction of sp³-hybridized carbons (Fsp3) is 0.0556. The van der Waals surface area contributed by atoms with Crippen LogP contribution < -0.4 is 0 Å². The largest absolute Gasteiger partial charge is 0.333 e. The molecule has 3 heteroatoms. The Morgan fingerprint density at radius 1 is 0.952 bits per heavy atom. The molecule has 0 aliphatic carbocycles.